The molecule has 1 aromatic carbocycles. The van der Waals surface area contributed by atoms with Gasteiger partial charge in [-0.25, -0.2) is 4.79 Å². The fourth-order valence-corrected chi connectivity index (χ4v) is 3.59. The molecule has 0 saturated carbocycles. The van der Waals surface area contributed by atoms with E-state index in [1.165, 1.54) is 4.90 Å². The number of rotatable bonds is 4. The Morgan fingerprint density at radius 2 is 1.96 bits per heavy atom. The average molecular weight is 339 g/mol. The third-order valence-corrected chi connectivity index (χ3v) is 4.84. The summed E-state index contributed by atoms with van der Waals surface area (Å²) in [6.45, 7) is 2.08. The van der Waals surface area contributed by atoms with Crippen LogP contribution >= 0.6 is 0 Å². The largest absolute Gasteiger partial charge is 0.353 e. The molecular formula is C18H21N5O2. The number of aromatic nitrogens is 2. The minimum absolute atomic E-state index is 0.0808. The lowest BCUT2D eigenvalue weighted by molar-refractivity contribution is -0.126. The van der Waals surface area contributed by atoms with Crippen LogP contribution in [-0.2, 0) is 18.4 Å². The summed E-state index contributed by atoms with van der Waals surface area (Å²) in [5, 5.41) is 4.41. The number of nitrogens with zero attached hydrogens (tertiary/aromatic N) is 5. The van der Waals surface area contributed by atoms with Gasteiger partial charge in [-0.15, -0.1) is 0 Å². The van der Waals surface area contributed by atoms with Crippen LogP contribution in [0.15, 0.2) is 42.6 Å². The molecular weight excluding hydrogens is 318 g/mol. The number of aryl methyl sites for hydroxylation is 1. The van der Waals surface area contributed by atoms with Crippen LogP contribution in [0.1, 0.15) is 12.0 Å². The molecule has 0 radical (unpaired) electrons. The minimum Gasteiger partial charge on any atom is -0.353 e. The third-order valence-electron chi connectivity index (χ3n) is 4.84. The lowest BCUT2D eigenvalue weighted by atomic mass is 10.2. The molecule has 7 heteroatoms. The quantitative estimate of drug-likeness (QED) is 0.792. The van der Waals surface area contributed by atoms with Gasteiger partial charge in [0, 0.05) is 38.9 Å². The molecule has 7 nitrogen and oxygen atoms in total. The smallest absolute Gasteiger partial charge is 0.327 e. The highest BCUT2D eigenvalue weighted by Gasteiger charge is 2.42. The summed E-state index contributed by atoms with van der Waals surface area (Å²) >= 11 is 0. The Bertz CT molecular complexity index is 788. The Balaban J connectivity index is 1.44. The normalized spacial score (nSPS) is 20.8. The van der Waals surface area contributed by atoms with Crippen LogP contribution in [0.3, 0.4) is 0 Å². The van der Waals surface area contributed by atoms with E-state index in [0.717, 1.165) is 24.3 Å². The number of hydrogen-bond acceptors (Lipinski definition) is 4. The summed E-state index contributed by atoms with van der Waals surface area (Å²) in [7, 11) is 1.88. The second-order valence-corrected chi connectivity index (χ2v) is 6.62. The first-order valence-electron chi connectivity index (χ1n) is 8.51. The summed E-state index contributed by atoms with van der Waals surface area (Å²) in [6.07, 6.45) is 2.68. The molecule has 1 atom stereocenters. The molecule has 4 rings (SSSR count). The van der Waals surface area contributed by atoms with Crippen molar-refractivity contribution in [1.29, 1.82) is 0 Å². The zero-order chi connectivity index (χ0) is 17.4. The molecule has 1 unspecified atom stereocenters. The molecule has 2 aliphatic heterocycles. The maximum atomic E-state index is 12.7. The molecule has 130 valence electrons. The molecule has 0 bridgehead atoms. The van der Waals surface area contributed by atoms with Crippen molar-refractivity contribution in [1.82, 2.24) is 19.6 Å². The summed E-state index contributed by atoms with van der Waals surface area (Å²) in [5.41, 5.74) is 1.03. The first-order valence-corrected chi connectivity index (χ1v) is 8.51. The maximum absolute atomic E-state index is 12.7. The number of amides is 3. The van der Waals surface area contributed by atoms with Crippen molar-refractivity contribution in [3.05, 3.63) is 48.2 Å². The van der Waals surface area contributed by atoms with Gasteiger partial charge in [-0.2, -0.15) is 5.10 Å². The summed E-state index contributed by atoms with van der Waals surface area (Å²) in [4.78, 5) is 30.4. The average Bonchev–Trinajstić information content (AvgIpc) is 3.29. The van der Waals surface area contributed by atoms with Crippen molar-refractivity contribution in [2.24, 2.45) is 7.05 Å². The van der Waals surface area contributed by atoms with Crippen molar-refractivity contribution >= 4 is 17.8 Å². The SMILES string of the molecule is Cn1ccc(N2CCC(N3C(=O)CN(Cc4ccccc4)C3=O)C2)n1. The molecule has 0 aliphatic carbocycles. The number of urea groups is 1. The zero-order valence-electron chi connectivity index (χ0n) is 14.2. The third kappa shape index (κ3) is 2.97. The molecule has 25 heavy (non-hydrogen) atoms. The summed E-state index contributed by atoms with van der Waals surface area (Å²) in [5.74, 6) is 0.791. The van der Waals surface area contributed by atoms with E-state index in [4.69, 9.17) is 0 Å². The number of anilines is 1. The Morgan fingerprint density at radius 1 is 1.16 bits per heavy atom. The van der Waals surface area contributed by atoms with Crippen molar-refractivity contribution < 1.29 is 9.59 Å². The number of benzene rings is 1. The first kappa shape index (κ1) is 15.7. The van der Waals surface area contributed by atoms with E-state index in [2.05, 4.69) is 10.00 Å². The van der Waals surface area contributed by atoms with Gasteiger partial charge in [-0.3, -0.25) is 14.4 Å². The van der Waals surface area contributed by atoms with Crippen LogP contribution in [0.4, 0.5) is 10.6 Å². The number of imide groups is 1. The van der Waals surface area contributed by atoms with Gasteiger partial charge >= 0.3 is 6.03 Å². The molecule has 0 spiro atoms. The second kappa shape index (κ2) is 6.23. The van der Waals surface area contributed by atoms with E-state index in [-0.39, 0.29) is 24.5 Å². The van der Waals surface area contributed by atoms with Gasteiger partial charge in [0.15, 0.2) is 5.82 Å². The van der Waals surface area contributed by atoms with E-state index in [1.807, 2.05) is 49.6 Å². The Kier molecular flexibility index (Phi) is 3.91. The highest BCUT2D eigenvalue weighted by atomic mass is 16.2. The standard InChI is InChI=1S/C18H21N5O2/c1-20-9-8-16(19-20)21-10-7-15(12-21)23-17(24)13-22(18(23)25)11-14-5-3-2-4-6-14/h2-6,8-9,15H,7,10-13H2,1H3. The highest BCUT2D eigenvalue weighted by Crippen LogP contribution is 2.25. The van der Waals surface area contributed by atoms with Crippen molar-refractivity contribution in [3.63, 3.8) is 0 Å². The molecule has 2 aliphatic rings. The van der Waals surface area contributed by atoms with Crippen LogP contribution in [0.2, 0.25) is 0 Å². The fourth-order valence-electron chi connectivity index (χ4n) is 3.59. The van der Waals surface area contributed by atoms with Gasteiger partial charge in [0.2, 0.25) is 0 Å². The first-order chi connectivity index (χ1) is 12.1. The van der Waals surface area contributed by atoms with Gasteiger partial charge in [0.25, 0.3) is 5.91 Å². The van der Waals surface area contributed by atoms with Crippen LogP contribution in [-0.4, -0.2) is 57.2 Å². The van der Waals surface area contributed by atoms with Gasteiger partial charge in [0.05, 0.1) is 6.04 Å². The highest BCUT2D eigenvalue weighted by molar-refractivity contribution is 6.02. The predicted octanol–water partition coefficient (Wildman–Crippen LogP) is 1.46. The van der Waals surface area contributed by atoms with E-state index in [0.29, 0.717) is 13.1 Å². The fraction of sp³-hybridized carbons (Fsp3) is 0.389. The topological polar surface area (TPSA) is 61.7 Å². The van der Waals surface area contributed by atoms with Crippen molar-refractivity contribution in [2.45, 2.75) is 19.0 Å². The maximum Gasteiger partial charge on any atom is 0.327 e. The van der Waals surface area contributed by atoms with Gasteiger partial charge < -0.3 is 9.80 Å². The molecule has 2 fully saturated rings. The number of hydrogen-bond donors (Lipinski definition) is 0. The summed E-state index contributed by atoms with van der Waals surface area (Å²) < 4.78 is 1.76. The Hall–Kier alpha value is -2.83. The van der Waals surface area contributed by atoms with Gasteiger partial charge in [-0.05, 0) is 12.0 Å². The zero-order valence-corrected chi connectivity index (χ0v) is 14.2. The lowest BCUT2D eigenvalue weighted by Gasteiger charge is -2.23. The van der Waals surface area contributed by atoms with E-state index in [9.17, 15) is 9.59 Å². The summed E-state index contributed by atoms with van der Waals surface area (Å²) in [6, 6.07) is 11.5. The molecule has 3 heterocycles. The number of carbonyl (C=O) groups excluding carboxylic acids is 2. The van der Waals surface area contributed by atoms with Crippen molar-refractivity contribution in [3.8, 4) is 0 Å². The predicted molar refractivity (Wildman–Crippen MR) is 92.9 cm³/mol. The van der Waals surface area contributed by atoms with E-state index < -0.39 is 0 Å². The van der Waals surface area contributed by atoms with Crippen LogP contribution in [0, 0.1) is 0 Å². The van der Waals surface area contributed by atoms with E-state index >= 15 is 0 Å². The monoisotopic (exact) mass is 339 g/mol. The Labute approximate surface area is 146 Å². The van der Waals surface area contributed by atoms with Gasteiger partial charge in [-0.1, -0.05) is 30.3 Å². The molecule has 1 aromatic heterocycles. The minimum atomic E-state index is -0.179. The lowest BCUT2D eigenvalue weighted by Crippen LogP contribution is -2.42. The van der Waals surface area contributed by atoms with Crippen molar-refractivity contribution in [2.75, 3.05) is 24.5 Å². The Morgan fingerprint density at radius 3 is 2.68 bits per heavy atom. The van der Waals surface area contributed by atoms with Crippen LogP contribution in [0.25, 0.3) is 0 Å². The molecule has 2 aromatic rings. The number of carbonyl (C=O) groups is 2. The van der Waals surface area contributed by atoms with E-state index in [1.54, 1.807) is 9.58 Å². The molecule has 3 amide bonds. The van der Waals surface area contributed by atoms with Gasteiger partial charge in [0.1, 0.15) is 6.54 Å². The molecule has 2 saturated heterocycles. The second-order valence-electron chi connectivity index (χ2n) is 6.62. The van der Waals surface area contributed by atoms with Crippen LogP contribution < -0.4 is 4.90 Å². The molecule has 0 N–H and O–H groups in total. The van der Waals surface area contributed by atoms with Crippen LogP contribution in [0.5, 0.6) is 0 Å².